The van der Waals surface area contributed by atoms with Gasteiger partial charge in [0.1, 0.15) is 11.8 Å². The summed E-state index contributed by atoms with van der Waals surface area (Å²) in [5.74, 6) is 0.375. The Hall–Kier alpha value is -2.17. The van der Waals surface area contributed by atoms with Gasteiger partial charge >= 0.3 is 0 Å². The van der Waals surface area contributed by atoms with Crippen LogP contribution in [-0.2, 0) is 4.79 Å². The highest BCUT2D eigenvalue weighted by Crippen LogP contribution is 2.20. The second-order valence-corrected chi connectivity index (χ2v) is 4.55. The maximum absolute atomic E-state index is 11.7. The van der Waals surface area contributed by atoms with E-state index in [2.05, 4.69) is 22.0 Å². The van der Waals surface area contributed by atoms with Gasteiger partial charge in [-0.15, -0.1) is 0 Å². The maximum Gasteiger partial charge on any atom is 0.228 e. The third-order valence-electron chi connectivity index (χ3n) is 2.66. The number of nitrogens with one attached hydrogen (secondary N) is 1. The van der Waals surface area contributed by atoms with Gasteiger partial charge in [0.05, 0.1) is 5.69 Å². The zero-order valence-corrected chi connectivity index (χ0v) is 10.8. The summed E-state index contributed by atoms with van der Waals surface area (Å²) in [7, 11) is 0. The topological polar surface area (TPSA) is 59.3 Å². The van der Waals surface area contributed by atoms with Crippen molar-refractivity contribution in [3.05, 3.63) is 30.7 Å². The average Bonchev–Trinajstić information content (AvgIpc) is 2.73. The Morgan fingerprint density at radius 1 is 1.44 bits per heavy atom. The number of hydrogen-bond donors (Lipinski definition) is 1. The van der Waals surface area contributed by atoms with Gasteiger partial charge < -0.3 is 5.32 Å². The van der Waals surface area contributed by atoms with Crippen LogP contribution >= 0.6 is 0 Å². The van der Waals surface area contributed by atoms with E-state index in [1.807, 2.05) is 32.9 Å². The van der Waals surface area contributed by atoms with Crippen molar-refractivity contribution in [2.75, 3.05) is 5.32 Å². The van der Waals surface area contributed by atoms with Crippen LogP contribution in [0.15, 0.2) is 25.0 Å². The highest BCUT2D eigenvalue weighted by Gasteiger charge is 2.12. The first-order valence-electron chi connectivity index (χ1n) is 5.80. The summed E-state index contributed by atoms with van der Waals surface area (Å²) < 4.78 is 1.73. The highest BCUT2D eigenvalue weighted by atomic mass is 16.1. The van der Waals surface area contributed by atoms with Crippen LogP contribution in [0, 0.1) is 5.92 Å². The second-order valence-electron chi connectivity index (χ2n) is 4.55. The molecule has 0 spiro atoms. The quantitative estimate of drug-likeness (QED) is 0.901. The molecule has 0 radical (unpaired) electrons. The van der Waals surface area contributed by atoms with E-state index in [9.17, 15) is 4.79 Å². The van der Waals surface area contributed by atoms with Crippen LogP contribution in [0.2, 0.25) is 0 Å². The molecule has 2 aromatic heterocycles. The van der Waals surface area contributed by atoms with Crippen molar-refractivity contribution in [2.24, 2.45) is 5.92 Å². The molecule has 1 N–H and O–H groups in total. The Balaban J connectivity index is 2.47. The minimum Gasteiger partial charge on any atom is -0.309 e. The summed E-state index contributed by atoms with van der Waals surface area (Å²) in [6, 6.07) is 3.79. The smallest absolute Gasteiger partial charge is 0.228 e. The Labute approximate surface area is 106 Å². The Kier molecular flexibility index (Phi) is 3.14. The number of fused-ring (bicyclic) bond motifs is 1. The maximum atomic E-state index is 11.7. The minimum atomic E-state index is -0.0874. The van der Waals surface area contributed by atoms with Crippen LogP contribution in [0.25, 0.3) is 11.1 Å². The minimum absolute atomic E-state index is 0.0614. The highest BCUT2D eigenvalue weighted by molar-refractivity contribution is 5.94. The summed E-state index contributed by atoms with van der Waals surface area (Å²) in [5.41, 5.74) is 2.59. The van der Waals surface area contributed by atoms with Crippen molar-refractivity contribution in [1.29, 1.82) is 0 Å². The number of amides is 1. The molecule has 0 aliphatic rings. The van der Waals surface area contributed by atoms with Gasteiger partial charge in [0.15, 0.2) is 5.82 Å². The van der Waals surface area contributed by atoms with Crippen LogP contribution < -0.4 is 5.32 Å². The van der Waals surface area contributed by atoms with Crippen molar-refractivity contribution >= 4 is 22.8 Å². The summed E-state index contributed by atoms with van der Waals surface area (Å²) in [6.45, 7) is 9.49. The predicted molar refractivity (Wildman–Crippen MR) is 71.2 cm³/mol. The molecule has 5 nitrogen and oxygen atoms in total. The summed E-state index contributed by atoms with van der Waals surface area (Å²) in [5, 5.41) is 6.96. The van der Waals surface area contributed by atoms with Crippen molar-refractivity contribution in [3.8, 4) is 0 Å². The first-order valence-corrected chi connectivity index (χ1v) is 5.80. The number of allylic oxidation sites excluding steroid dienone is 1. The van der Waals surface area contributed by atoms with E-state index < -0.39 is 0 Å². The lowest BCUT2D eigenvalue weighted by Crippen LogP contribution is -2.19. The number of carbonyl (C=O) groups excluding carboxylic acids is 1. The number of aromatic nitrogens is 3. The predicted octanol–water partition coefficient (Wildman–Crippen LogP) is 2.36. The first-order chi connectivity index (χ1) is 8.50. The molecule has 0 aliphatic carbocycles. The molecule has 18 heavy (non-hydrogen) atoms. The molecule has 1 amide bonds. The third-order valence-corrected chi connectivity index (χ3v) is 2.66. The van der Waals surface area contributed by atoms with Gasteiger partial charge in [-0.3, -0.25) is 4.79 Å². The van der Waals surface area contributed by atoms with Crippen molar-refractivity contribution in [3.63, 3.8) is 0 Å². The average molecular weight is 244 g/mol. The zero-order chi connectivity index (χ0) is 13.3. The molecule has 0 aromatic carbocycles. The Bertz CT molecular complexity index is 612. The first kappa shape index (κ1) is 12.3. The fourth-order valence-corrected chi connectivity index (χ4v) is 1.61. The molecule has 5 heteroatoms. The van der Waals surface area contributed by atoms with Crippen LogP contribution in [0.1, 0.15) is 26.5 Å². The van der Waals surface area contributed by atoms with E-state index in [-0.39, 0.29) is 11.8 Å². The zero-order valence-electron chi connectivity index (χ0n) is 10.8. The summed E-state index contributed by atoms with van der Waals surface area (Å²) in [6.07, 6.45) is 1.43. The molecule has 0 atom stereocenters. The molecule has 0 saturated carbocycles. The van der Waals surface area contributed by atoms with E-state index in [0.717, 1.165) is 16.8 Å². The Morgan fingerprint density at radius 3 is 2.78 bits per heavy atom. The molecule has 0 fully saturated rings. The lowest BCUT2D eigenvalue weighted by Gasteiger charge is -2.08. The van der Waals surface area contributed by atoms with E-state index in [1.54, 1.807) is 4.52 Å². The molecule has 0 saturated heterocycles. The van der Waals surface area contributed by atoms with E-state index in [4.69, 9.17) is 0 Å². The summed E-state index contributed by atoms with van der Waals surface area (Å²) in [4.78, 5) is 15.8. The SMILES string of the molecule is C=C(C)c1ccc2c(NC(=O)C(C)C)ncnn12. The number of nitrogens with zero attached hydrogens (tertiary/aromatic N) is 3. The Morgan fingerprint density at radius 2 is 2.17 bits per heavy atom. The van der Waals surface area contributed by atoms with Gasteiger partial charge in [-0.1, -0.05) is 20.4 Å². The van der Waals surface area contributed by atoms with Gasteiger partial charge in [-0.05, 0) is 24.6 Å². The number of carbonyl (C=O) groups is 1. The van der Waals surface area contributed by atoms with Crippen molar-refractivity contribution in [2.45, 2.75) is 20.8 Å². The summed E-state index contributed by atoms with van der Waals surface area (Å²) >= 11 is 0. The lowest BCUT2D eigenvalue weighted by atomic mass is 10.2. The van der Waals surface area contributed by atoms with E-state index >= 15 is 0 Å². The monoisotopic (exact) mass is 244 g/mol. The van der Waals surface area contributed by atoms with Gasteiger partial charge in [0.25, 0.3) is 0 Å². The molecular weight excluding hydrogens is 228 g/mol. The van der Waals surface area contributed by atoms with E-state index in [0.29, 0.717) is 5.82 Å². The van der Waals surface area contributed by atoms with Crippen LogP contribution in [0.3, 0.4) is 0 Å². The molecule has 2 aromatic rings. The third kappa shape index (κ3) is 2.11. The van der Waals surface area contributed by atoms with Crippen molar-refractivity contribution < 1.29 is 4.79 Å². The molecule has 0 bridgehead atoms. The fraction of sp³-hybridized carbons (Fsp3) is 0.308. The molecular formula is C13H16N4O. The van der Waals surface area contributed by atoms with Crippen LogP contribution in [0.4, 0.5) is 5.82 Å². The van der Waals surface area contributed by atoms with Crippen LogP contribution in [0.5, 0.6) is 0 Å². The normalized spacial score (nSPS) is 10.9. The number of hydrogen-bond acceptors (Lipinski definition) is 3. The van der Waals surface area contributed by atoms with Gasteiger partial charge in [0, 0.05) is 5.92 Å². The number of anilines is 1. The lowest BCUT2D eigenvalue weighted by molar-refractivity contribution is -0.118. The van der Waals surface area contributed by atoms with Crippen LogP contribution in [-0.4, -0.2) is 20.5 Å². The van der Waals surface area contributed by atoms with Gasteiger partial charge in [-0.25, -0.2) is 9.50 Å². The standard InChI is InChI=1S/C13H16N4O/c1-8(2)10-5-6-11-12(14-7-15-17(10)11)16-13(18)9(3)4/h5-7,9H,1H2,2-4H3,(H,14,15,16,18). The van der Waals surface area contributed by atoms with E-state index in [1.165, 1.54) is 6.33 Å². The van der Waals surface area contributed by atoms with Gasteiger partial charge in [0.2, 0.25) is 5.91 Å². The fourth-order valence-electron chi connectivity index (χ4n) is 1.61. The largest absolute Gasteiger partial charge is 0.309 e. The molecule has 0 aliphatic heterocycles. The molecule has 94 valence electrons. The second kappa shape index (κ2) is 4.60. The van der Waals surface area contributed by atoms with Gasteiger partial charge in [-0.2, -0.15) is 5.10 Å². The molecule has 2 rings (SSSR count). The molecule has 2 heterocycles. The molecule has 0 unspecified atom stereocenters. The number of rotatable bonds is 3. The van der Waals surface area contributed by atoms with Crippen molar-refractivity contribution in [1.82, 2.24) is 14.6 Å².